The fourth-order valence-corrected chi connectivity index (χ4v) is 4.94. The van der Waals surface area contributed by atoms with E-state index in [0.717, 1.165) is 68.0 Å². The first kappa shape index (κ1) is 24.4. The quantitative estimate of drug-likeness (QED) is 0.511. The van der Waals surface area contributed by atoms with Gasteiger partial charge >= 0.3 is 0 Å². The van der Waals surface area contributed by atoms with Gasteiger partial charge in [-0.3, -0.25) is 0 Å². The highest BCUT2D eigenvalue weighted by molar-refractivity contribution is 5.69. The second-order valence-electron chi connectivity index (χ2n) is 10.0. The normalized spacial score (nSPS) is 19.6. The predicted octanol–water partition coefficient (Wildman–Crippen LogP) is 3.57. The number of nitrogens with zero attached hydrogens (tertiary/aromatic N) is 6. The first-order valence-corrected chi connectivity index (χ1v) is 12.4. The van der Waals surface area contributed by atoms with Gasteiger partial charge < -0.3 is 29.5 Å². The molecule has 2 aromatic heterocycles. The largest absolute Gasteiger partial charge is 0.384 e. The molecule has 0 unspecified atom stereocenters. The van der Waals surface area contributed by atoms with Crippen molar-refractivity contribution in [1.29, 1.82) is 0 Å². The van der Waals surface area contributed by atoms with Gasteiger partial charge in [-0.2, -0.15) is 4.98 Å². The molecule has 2 aliphatic rings. The molecule has 36 heavy (non-hydrogen) atoms. The predicted molar refractivity (Wildman–Crippen MR) is 143 cm³/mol. The molecule has 2 aliphatic heterocycles. The van der Waals surface area contributed by atoms with Crippen molar-refractivity contribution in [3.8, 4) is 0 Å². The molecule has 5 rings (SSSR count). The van der Waals surface area contributed by atoms with Gasteiger partial charge in [0.2, 0.25) is 5.95 Å². The van der Waals surface area contributed by atoms with Gasteiger partial charge in [0.15, 0.2) is 0 Å². The van der Waals surface area contributed by atoms with Gasteiger partial charge in [0.25, 0.3) is 0 Å². The number of hydrogen-bond acceptors (Lipinski definition) is 9. The lowest BCUT2D eigenvalue weighted by Crippen LogP contribution is -2.36. The molecule has 4 heterocycles. The van der Waals surface area contributed by atoms with Crippen LogP contribution in [0, 0.1) is 0 Å². The van der Waals surface area contributed by atoms with Crippen LogP contribution in [-0.2, 0) is 21.4 Å². The standard InChI is InChI=1S/C27H35N7O2/c1-27(19-35-4)18-34(24-7-5-6-21(29-24)17-32(2)3)25-23(27)16-28-26(31-25)30-20-8-10-22(11-9-20)33-12-14-36-15-13-33/h5-11,16H,12-15,17-19H2,1-4H3,(H,28,30,31)/t27-/m0/s1. The number of fused-ring (bicyclic) bond motifs is 1. The average Bonchev–Trinajstić information content (AvgIpc) is 3.17. The number of anilines is 5. The minimum Gasteiger partial charge on any atom is -0.384 e. The van der Waals surface area contributed by atoms with Crippen LogP contribution in [0.15, 0.2) is 48.7 Å². The van der Waals surface area contributed by atoms with E-state index in [1.165, 1.54) is 5.69 Å². The fourth-order valence-electron chi connectivity index (χ4n) is 4.94. The highest BCUT2D eigenvalue weighted by atomic mass is 16.5. The zero-order valence-electron chi connectivity index (χ0n) is 21.6. The third-order valence-electron chi connectivity index (χ3n) is 6.69. The van der Waals surface area contributed by atoms with Crippen LogP contribution in [0.1, 0.15) is 18.2 Å². The summed E-state index contributed by atoms with van der Waals surface area (Å²) in [7, 11) is 5.84. The molecule has 1 fully saturated rings. The van der Waals surface area contributed by atoms with Crippen LogP contribution in [0.4, 0.5) is 29.0 Å². The summed E-state index contributed by atoms with van der Waals surface area (Å²) in [6.07, 6.45) is 1.93. The van der Waals surface area contributed by atoms with E-state index in [4.69, 9.17) is 19.4 Å². The molecule has 1 aromatic carbocycles. The molecule has 1 saturated heterocycles. The third kappa shape index (κ3) is 5.13. The number of rotatable bonds is 8. The highest BCUT2D eigenvalue weighted by Crippen LogP contribution is 2.43. The van der Waals surface area contributed by atoms with Crippen LogP contribution < -0.4 is 15.1 Å². The number of hydrogen-bond donors (Lipinski definition) is 1. The third-order valence-corrected chi connectivity index (χ3v) is 6.69. The fraction of sp³-hybridized carbons (Fsp3) is 0.444. The van der Waals surface area contributed by atoms with Gasteiger partial charge in [-0.05, 0) is 50.5 Å². The Morgan fingerprint density at radius 1 is 1.08 bits per heavy atom. The Kier molecular flexibility index (Phi) is 7.04. The Bertz CT molecular complexity index is 1180. The number of ether oxygens (including phenoxy) is 2. The summed E-state index contributed by atoms with van der Waals surface area (Å²) in [6.45, 7) is 7.65. The molecule has 3 aromatic rings. The maximum Gasteiger partial charge on any atom is 0.229 e. The molecule has 0 amide bonds. The summed E-state index contributed by atoms with van der Waals surface area (Å²) in [5.74, 6) is 2.31. The lowest BCUT2D eigenvalue weighted by atomic mass is 9.87. The molecular weight excluding hydrogens is 454 g/mol. The Balaban J connectivity index is 1.41. The smallest absolute Gasteiger partial charge is 0.229 e. The molecule has 1 atom stereocenters. The number of methoxy groups -OCH3 is 1. The van der Waals surface area contributed by atoms with E-state index in [2.05, 4.69) is 68.3 Å². The van der Waals surface area contributed by atoms with E-state index in [9.17, 15) is 0 Å². The number of pyridine rings is 1. The number of benzene rings is 1. The Hall–Kier alpha value is -3.27. The van der Waals surface area contributed by atoms with E-state index in [1.54, 1.807) is 7.11 Å². The number of nitrogens with one attached hydrogen (secondary N) is 1. The zero-order valence-corrected chi connectivity index (χ0v) is 21.6. The average molecular weight is 490 g/mol. The minimum atomic E-state index is -0.234. The van der Waals surface area contributed by atoms with Gasteiger partial charge in [0.05, 0.1) is 25.5 Å². The molecule has 9 nitrogen and oxygen atoms in total. The minimum absolute atomic E-state index is 0.234. The summed E-state index contributed by atoms with van der Waals surface area (Å²) in [5.41, 5.74) is 4.00. The Labute approximate surface area is 213 Å². The van der Waals surface area contributed by atoms with Crippen molar-refractivity contribution in [1.82, 2.24) is 19.9 Å². The lowest BCUT2D eigenvalue weighted by Gasteiger charge is -2.28. The molecule has 0 spiro atoms. The van der Waals surface area contributed by atoms with E-state index in [1.807, 2.05) is 26.4 Å². The Morgan fingerprint density at radius 2 is 1.86 bits per heavy atom. The monoisotopic (exact) mass is 489 g/mol. The molecular formula is C27H35N7O2. The van der Waals surface area contributed by atoms with Gasteiger partial charge in [0, 0.05) is 61.8 Å². The van der Waals surface area contributed by atoms with Crippen LogP contribution in [0.3, 0.4) is 0 Å². The molecule has 1 N–H and O–H groups in total. The van der Waals surface area contributed by atoms with Crippen LogP contribution >= 0.6 is 0 Å². The number of morpholine rings is 1. The van der Waals surface area contributed by atoms with E-state index in [-0.39, 0.29) is 5.41 Å². The number of aromatic nitrogens is 3. The first-order valence-electron chi connectivity index (χ1n) is 12.4. The second-order valence-corrected chi connectivity index (χ2v) is 10.0. The van der Waals surface area contributed by atoms with Crippen LogP contribution in [0.5, 0.6) is 0 Å². The van der Waals surface area contributed by atoms with Crippen molar-refractivity contribution in [2.75, 3.05) is 75.8 Å². The van der Waals surface area contributed by atoms with Gasteiger partial charge in [-0.1, -0.05) is 13.0 Å². The SMILES string of the molecule is COC[C@]1(C)CN(c2cccc(CN(C)C)n2)c2nc(Nc3ccc(N4CCOCC4)cc3)ncc21. The first-order chi connectivity index (χ1) is 17.4. The Morgan fingerprint density at radius 3 is 2.58 bits per heavy atom. The van der Waals surface area contributed by atoms with Crippen molar-refractivity contribution in [3.05, 3.63) is 59.9 Å². The molecule has 0 radical (unpaired) electrons. The van der Waals surface area contributed by atoms with E-state index < -0.39 is 0 Å². The molecule has 9 heteroatoms. The summed E-state index contributed by atoms with van der Waals surface area (Å²) in [4.78, 5) is 21.2. The lowest BCUT2D eigenvalue weighted by molar-refractivity contribution is 0.122. The highest BCUT2D eigenvalue weighted by Gasteiger charge is 2.42. The van der Waals surface area contributed by atoms with Crippen molar-refractivity contribution >= 4 is 29.0 Å². The summed E-state index contributed by atoms with van der Waals surface area (Å²) >= 11 is 0. The molecule has 0 aliphatic carbocycles. The molecule has 0 bridgehead atoms. The van der Waals surface area contributed by atoms with Crippen LogP contribution in [-0.4, -0.2) is 80.5 Å². The van der Waals surface area contributed by atoms with Gasteiger partial charge in [-0.15, -0.1) is 0 Å². The van der Waals surface area contributed by atoms with Crippen molar-refractivity contribution < 1.29 is 9.47 Å². The van der Waals surface area contributed by atoms with Crippen molar-refractivity contribution in [2.45, 2.75) is 18.9 Å². The van der Waals surface area contributed by atoms with E-state index >= 15 is 0 Å². The zero-order chi connectivity index (χ0) is 25.1. The molecule has 0 saturated carbocycles. The van der Waals surface area contributed by atoms with E-state index in [0.29, 0.717) is 12.6 Å². The van der Waals surface area contributed by atoms with Gasteiger partial charge in [0.1, 0.15) is 11.6 Å². The molecule has 190 valence electrons. The van der Waals surface area contributed by atoms with Gasteiger partial charge in [-0.25, -0.2) is 9.97 Å². The summed E-state index contributed by atoms with van der Waals surface area (Å²) < 4.78 is 11.1. The van der Waals surface area contributed by atoms with Crippen LogP contribution in [0.25, 0.3) is 0 Å². The van der Waals surface area contributed by atoms with Crippen LogP contribution in [0.2, 0.25) is 0 Å². The summed E-state index contributed by atoms with van der Waals surface area (Å²) in [6, 6.07) is 14.6. The maximum atomic E-state index is 5.60. The van der Waals surface area contributed by atoms with Crippen molar-refractivity contribution in [3.63, 3.8) is 0 Å². The van der Waals surface area contributed by atoms with Crippen molar-refractivity contribution in [2.24, 2.45) is 0 Å². The second kappa shape index (κ2) is 10.4. The summed E-state index contributed by atoms with van der Waals surface area (Å²) in [5, 5.41) is 3.38. The maximum absolute atomic E-state index is 5.60. The topological polar surface area (TPSA) is 78.9 Å².